The average Bonchev–Trinajstić information content (AvgIpc) is 2.85. The van der Waals surface area contributed by atoms with Crippen molar-refractivity contribution in [2.75, 3.05) is 0 Å². The number of nitrogens with zero attached hydrogens (tertiary/aromatic N) is 1. The highest BCUT2D eigenvalue weighted by Gasteiger charge is 2.35. The molecule has 0 radical (unpaired) electrons. The van der Waals surface area contributed by atoms with Crippen LogP contribution in [0.1, 0.15) is 43.9 Å². The van der Waals surface area contributed by atoms with Crippen molar-refractivity contribution in [2.45, 2.75) is 46.1 Å². The fourth-order valence-corrected chi connectivity index (χ4v) is 2.33. The fourth-order valence-electron chi connectivity index (χ4n) is 2.33. The highest BCUT2D eigenvalue weighted by atomic mass is 16.2. The van der Waals surface area contributed by atoms with Gasteiger partial charge in [0.2, 0.25) is 5.91 Å². The van der Waals surface area contributed by atoms with Crippen LogP contribution in [0.4, 0.5) is 0 Å². The lowest BCUT2D eigenvalue weighted by molar-refractivity contribution is -0.130. The SMILES string of the molecule is Cc1[nH]ncc1CNC(=O)C1(C)CCCC1. The first-order valence-corrected chi connectivity index (χ1v) is 5.89. The van der Waals surface area contributed by atoms with Crippen LogP contribution < -0.4 is 5.32 Å². The summed E-state index contributed by atoms with van der Waals surface area (Å²) in [6.07, 6.45) is 6.16. The van der Waals surface area contributed by atoms with E-state index in [9.17, 15) is 4.79 Å². The Morgan fingerprint density at radius 2 is 2.25 bits per heavy atom. The lowest BCUT2D eigenvalue weighted by atomic mass is 9.88. The van der Waals surface area contributed by atoms with E-state index in [0.29, 0.717) is 6.54 Å². The van der Waals surface area contributed by atoms with Gasteiger partial charge < -0.3 is 5.32 Å². The molecule has 0 spiro atoms. The molecule has 1 aromatic rings. The van der Waals surface area contributed by atoms with Crippen molar-refractivity contribution >= 4 is 5.91 Å². The van der Waals surface area contributed by atoms with Gasteiger partial charge in [0.25, 0.3) is 0 Å². The maximum absolute atomic E-state index is 12.0. The van der Waals surface area contributed by atoms with Crippen molar-refractivity contribution in [3.63, 3.8) is 0 Å². The number of aromatic nitrogens is 2. The average molecular weight is 221 g/mol. The summed E-state index contributed by atoms with van der Waals surface area (Å²) in [7, 11) is 0. The first-order valence-electron chi connectivity index (χ1n) is 5.89. The van der Waals surface area contributed by atoms with Crippen molar-refractivity contribution in [3.05, 3.63) is 17.5 Å². The molecule has 0 bridgehead atoms. The second kappa shape index (κ2) is 4.28. The van der Waals surface area contributed by atoms with Crippen LogP contribution in [0.15, 0.2) is 6.20 Å². The molecule has 1 aliphatic rings. The van der Waals surface area contributed by atoms with Crippen LogP contribution in [0, 0.1) is 12.3 Å². The van der Waals surface area contributed by atoms with Crippen LogP contribution in [-0.4, -0.2) is 16.1 Å². The first-order chi connectivity index (χ1) is 7.62. The molecule has 2 rings (SSSR count). The number of amides is 1. The third-order valence-corrected chi connectivity index (χ3v) is 3.63. The second-order valence-electron chi connectivity index (χ2n) is 4.97. The molecule has 0 saturated heterocycles. The smallest absolute Gasteiger partial charge is 0.226 e. The van der Waals surface area contributed by atoms with Crippen molar-refractivity contribution in [1.82, 2.24) is 15.5 Å². The quantitative estimate of drug-likeness (QED) is 0.819. The van der Waals surface area contributed by atoms with Crippen molar-refractivity contribution in [1.29, 1.82) is 0 Å². The summed E-state index contributed by atoms with van der Waals surface area (Å²) in [5.41, 5.74) is 1.95. The molecular weight excluding hydrogens is 202 g/mol. The maximum Gasteiger partial charge on any atom is 0.226 e. The minimum atomic E-state index is -0.141. The summed E-state index contributed by atoms with van der Waals surface area (Å²) in [6, 6.07) is 0. The predicted octanol–water partition coefficient (Wildman–Crippen LogP) is 1.91. The number of H-pyrrole nitrogens is 1. The van der Waals surface area contributed by atoms with Gasteiger partial charge in [0.05, 0.1) is 6.20 Å². The lowest BCUT2D eigenvalue weighted by Gasteiger charge is -2.22. The summed E-state index contributed by atoms with van der Waals surface area (Å²) in [6.45, 7) is 4.61. The van der Waals surface area contributed by atoms with Crippen LogP contribution in [0.3, 0.4) is 0 Å². The largest absolute Gasteiger partial charge is 0.351 e. The Kier molecular flexibility index (Phi) is 2.99. The Labute approximate surface area is 95.8 Å². The molecule has 0 aromatic carbocycles. The van der Waals surface area contributed by atoms with Gasteiger partial charge in [-0.3, -0.25) is 9.89 Å². The minimum Gasteiger partial charge on any atom is -0.351 e. The second-order valence-corrected chi connectivity index (χ2v) is 4.97. The van der Waals surface area contributed by atoms with E-state index in [1.807, 2.05) is 6.92 Å². The predicted molar refractivity (Wildman–Crippen MR) is 61.7 cm³/mol. The Bertz CT molecular complexity index is 377. The number of rotatable bonds is 3. The third-order valence-electron chi connectivity index (χ3n) is 3.63. The summed E-state index contributed by atoms with van der Waals surface area (Å²) >= 11 is 0. The summed E-state index contributed by atoms with van der Waals surface area (Å²) < 4.78 is 0. The maximum atomic E-state index is 12.0. The number of hydrogen-bond donors (Lipinski definition) is 2. The monoisotopic (exact) mass is 221 g/mol. The molecule has 1 aromatic heterocycles. The van der Waals surface area contributed by atoms with E-state index in [1.165, 1.54) is 12.8 Å². The Morgan fingerprint density at radius 3 is 2.81 bits per heavy atom. The zero-order valence-electron chi connectivity index (χ0n) is 9.97. The number of carbonyl (C=O) groups is 1. The van der Waals surface area contributed by atoms with Gasteiger partial charge in [-0.15, -0.1) is 0 Å². The number of aryl methyl sites for hydroxylation is 1. The van der Waals surface area contributed by atoms with Gasteiger partial charge in [-0.1, -0.05) is 19.8 Å². The number of nitrogens with one attached hydrogen (secondary N) is 2. The summed E-state index contributed by atoms with van der Waals surface area (Å²) in [4.78, 5) is 12.0. The van der Waals surface area contributed by atoms with Crippen molar-refractivity contribution in [2.24, 2.45) is 5.41 Å². The molecule has 1 aliphatic carbocycles. The molecule has 1 fully saturated rings. The normalized spacial score (nSPS) is 18.6. The van der Waals surface area contributed by atoms with E-state index in [-0.39, 0.29) is 11.3 Å². The third kappa shape index (κ3) is 2.10. The molecule has 1 saturated carbocycles. The molecule has 1 amide bonds. The van der Waals surface area contributed by atoms with Crippen molar-refractivity contribution in [3.8, 4) is 0 Å². The van der Waals surface area contributed by atoms with Gasteiger partial charge in [-0.25, -0.2) is 0 Å². The Hall–Kier alpha value is -1.32. The standard InChI is InChI=1S/C12H19N3O/c1-9-10(8-14-15-9)7-13-11(16)12(2)5-3-4-6-12/h8H,3-7H2,1-2H3,(H,13,16)(H,14,15). The Morgan fingerprint density at radius 1 is 1.56 bits per heavy atom. The van der Waals surface area contributed by atoms with E-state index in [1.54, 1.807) is 6.20 Å². The van der Waals surface area contributed by atoms with Gasteiger partial charge >= 0.3 is 0 Å². The zero-order chi connectivity index (χ0) is 11.6. The van der Waals surface area contributed by atoms with Crippen LogP contribution in [0.2, 0.25) is 0 Å². The number of aromatic amines is 1. The van der Waals surface area contributed by atoms with Gasteiger partial charge in [-0.05, 0) is 19.8 Å². The van der Waals surface area contributed by atoms with E-state index in [2.05, 4.69) is 22.4 Å². The molecular formula is C12H19N3O. The Balaban J connectivity index is 1.91. The summed E-state index contributed by atoms with van der Waals surface area (Å²) in [5, 5.41) is 9.82. The van der Waals surface area contributed by atoms with Gasteiger partial charge in [0, 0.05) is 23.2 Å². The first kappa shape index (κ1) is 11.2. The molecule has 4 nitrogen and oxygen atoms in total. The van der Waals surface area contributed by atoms with Crippen LogP contribution >= 0.6 is 0 Å². The van der Waals surface area contributed by atoms with E-state index >= 15 is 0 Å². The lowest BCUT2D eigenvalue weighted by Crippen LogP contribution is -2.36. The molecule has 88 valence electrons. The van der Waals surface area contributed by atoms with E-state index in [0.717, 1.165) is 24.1 Å². The molecule has 2 N–H and O–H groups in total. The van der Waals surface area contributed by atoms with Crippen LogP contribution in [0.25, 0.3) is 0 Å². The van der Waals surface area contributed by atoms with E-state index in [4.69, 9.17) is 0 Å². The molecule has 0 aliphatic heterocycles. The highest BCUT2D eigenvalue weighted by molar-refractivity contribution is 5.82. The van der Waals surface area contributed by atoms with Gasteiger partial charge in [-0.2, -0.15) is 5.10 Å². The topological polar surface area (TPSA) is 57.8 Å². The van der Waals surface area contributed by atoms with Crippen molar-refractivity contribution < 1.29 is 4.79 Å². The molecule has 1 heterocycles. The van der Waals surface area contributed by atoms with Crippen LogP contribution in [0.5, 0.6) is 0 Å². The molecule has 4 heteroatoms. The van der Waals surface area contributed by atoms with Gasteiger partial charge in [0.15, 0.2) is 0 Å². The molecule has 16 heavy (non-hydrogen) atoms. The fraction of sp³-hybridized carbons (Fsp3) is 0.667. The number of hydrogen-bond acceptors (Lipinski definition) is 2. The van der Waals surface area contributed by atoms with E-state index < -0.39 is 0 Å². The minimum absolute atomic E-state index is 0.141. The zero-order valence-corrected chi connectivity index (χ0v) is 9.97. The molecule has 0 unspecified atom stereocenters. The molecule has 0 atom stereocenters. The summed E-state index contributed by atoms with van der Waals surface area (Å²) in [5.74, 6) is 0.186. The van der Waals surface area contributed by atoms with Crippen LogP contribution in [-0.2, 0) is 11.3 Å². The number of carbonyl (C=O) groups excluding carboxylic acids is 1. The van der Waals surface area contributed by atoms with Gasteiger partial charge in [0.1, 0.15) is 0 Å². The highest BCUT2D eigenvalue weighted by Crippen LogP contribution is 2.37.